The van der Waals surface area contributed by atoms with Gasteiger partial charge in [0.15, 0.2) is 0 Å². The summed E-state index contributed by atoms with van der Waals surface area (Å²) in [7, 11) is 3.23. The van der Waals surface area contributed by atoms with E-state index in [9.17, 15) is 4.79 Å². The van der Waals surface area contributed by atoms with E-state index >= 15 is 0 Å². The third-order valence-corrected chi connectivity index (χ3v) is 3.41. The molecule has 1 N–H and O–H groups in total. The summed E-state index contributed by atoms with van der Waals surface area (Å²) in [6, 6.07) is 13.1. The van der Waals surface area contributed by atoms with Gasteiger partial charge < -0.3 is 14.8 Å². The number of ether oxygens (including phenoxy) is 2. The molecule has 1 amide bonds. The molecule has 1 heterocycles. The Bertz CT molecular complexity index is 735. The zero-order chi connectivity index (χ0) is 14.8. The molecule has 0 atom stereocenters. The van der Waals surface area contributed by atoms with Crippen molar-refractivity contribution in [3.63, 3.8) is 0 Å². The number of benzene rings is 2. The van der Waals surface area contributed by atoms with E-state index in [2.05, 4.69) is 5.32 Å². The number of carbonyl (C=O) groups is 1. The zero-order valence-corrected chi connectivity index (χ0v) is 11.8. The van der Waals surface area contributed by atoms with Crippen LogP contribution in [0.4, 0.5) is 5.69 Å². The summed E-state index contributed by atoms with van der Waals surface area (Å²) in [6.07, 6.45) is 1.85. The minimum atomic E-state index is -0.110. The van der Waals surface area contributed by atoms with Crippen LogP contribution in [-0.4, -0.2) is 20.1 Å². The molecule has 0 unspecified atom stereocenters. The van der Waals surface area contributed by atoms with Crippen LogP contribution < -0.4 is 14.8 Å². The number of nitrogens with one attached hydrogen (secondary N) is 1. The molecule has 2 aromatic rings. The van der Waals surface area contributed by atoms with Crippen molar-refractivity contribution in [1.82, 2.24) is 0 Å². The summed E-state index contributed by atoms with van der Waals surface area (Å²) in [5, 5.41) is 2.85. The molecule has 0 saturated heterocycles. The van der Waals surface area contributed by atoms with Crippen molar-refractivity contribution in [2.45, 2.75) is 0 Å². The lowest BCUT2D eigenvalue weighted by Crippen LogP contribution is -2.03. The van der Waals surface area contributed by atoms with Gasteiger partial charge in [-0.3, -0.25) is 4.79 Å². The molecule has 21 heavy (non-hydrogen) atoms. The summed E-state index contributed by atoms with van der Waals surface area (Å²) in [5.41, 5.74) is 3.18. The Morgan fingerprint density at radius 2 is 1.76 bits per heavy atom. The number of hydrogen-bond donors (Lipinski definition) is 1. The van der Waals surface area contributed by atoms with Crippen molar-refractivity contribution in [3.05, 3.63) is 53.6 Å². The van der Waals surface area contributed by atoms with Crippen LogP contribution in [0, 0.1) is 0 Å². The predicted molar refractivity (Wildman–Crippen MR) is 82.5 cm³/mol. The van der Waals surface area contributed by atoms with E-state index in [0.29, 0.717) is 5.57 Å². The molecule has 1 aliphatic heterocycles. The highest BCUT2D eigenvalue weighted by molar-refractivity contribution is 6.35. The van der Waals surface area contributed by atoms with Gasteiger partial charge in [0.1, 0.15) is 11.5 Å². The fraction of sp³-hybridized carbons (Fsp3) is 0.118. The minimum absolute atomic E-state index is 0.110. The number of fused-ring (bicyclic) bond motifs is 1. The SMILES string of the molecule is COc1cccc(/C=C2/C(=O)Nc3ccc(OC)cc32)c1. The number of rotatable bonds is 3. The first-order valence-electron chi connectivity index (χ1n) is 6.57. The Morgan fingerprint density at radius 1 is 1.00 bits per heavy atom. The summed E-state index contributed by atoms with van der Waals surface area (Å²) >= 11 is 0. The van der Waals surface area contributed by atoms with Crippen LogP contribution in [0.15, 0.2) is 42.5 Å². The molecule has 106 valence electrons. The molecular formula is C17H15NO3. The molecule has 0 aromatic heterocycles. The van der Waals surface area contributed by atoms with Crippen LogP contribution in [0.1, 0.15) is 11.1 Å². The maximum absolute atomic E-state index is 12.1. The van der Waals surface area contributed by atoms with Crippen LogP contribution in [0.25, 0.3) is 11.6 Å². The van der Waals surface area contributed by atoms with E-state index in [1.165, 1.54) is 0 Å². The second kappa shape index (κ2) is 5.32. The highest BCUT2D eigenvalue weighted by Gasteiger charge is 2.24. The normalized spacial score (nSPS) is 14.8. The summed E-state index contributed by atoms with van der Waals surface area (Å²) in [4.78, 5) is 12.1. The molecule has 1 aliphatic rings. The fourth-order valence-electron chi connectivity index (χ4n) is 2.34. The van der Waals surface area contributed by atoms with Crippen molar-refractivity contribution in [2.75, 3.05) is 19.5 Å². The van der Waals surface area contributed by atoms with Gasteiger partial charge in [-0.1, -0.05) is 12.1 Å². The molecule has 0 bridgehead atoms. The van der Waals surface area contributed by atoms with Crippen molar-refractivity contribution in [2.24, 2.45) is 0 Å². The number of anilines is 1. The van der Waals surface area contributed by atoms with Gasteiger partial charge in [-0.25, -0.2) is 0 Å². The number of amides is 1. The Balaban J connectivity index is 2.06. The van der Waals surface area contributed by atoms with Crippen LogP contribution in [0.3, 0.4) is 0 Å². The highest BCUT2D eigenvalue weighted by Crippen LogP contribution is 2.35. The average molecular weight is 281 g/mol. The van der Waals surface area contributed by atoms with Crippen molar-refractivity contribution >= 4 is 23.2 Å². The van der Waals surface area contributed by atoms with Gasteiger partial charge in [0, 0.05) is 16.8 Å². The fourth-order valence-corrected chi connectivity index (χ4v) is 2.34. The molecule has 0 aliphatic carbocycles. The van der Waals surface area contributed by atoms with Gasteiger partial charge in [0.25, 0.3) is 5.91 Å². The first-order valence-corrected chi connectivity index (χ1v) is 6.57. The van der Waals surface area contributed by atoms with Gasteiger partial charge in [-0.05, 0) is 42.0 Å². The first-order chi connectivity index (χ1) is 10.2. The standard InChI is InChI=1S/C17H15NO3/c1-20-12-5-3-4-11(8-12)9-15-14-10-13(21-2)6-7-16(14)18-17(15)19/h3-10H,1-2H3,(H,18,19)/b15-9+. The van der Waals surface area contributed by atoms with E-state index < -0.39 is 0 Å². The number of hydrogen-bond acceptors (Lipinski definition) is 3. The largest absolute Gasteiger partial charge is 0.497 e. The van der Waals surface area contributed by atoms with E-state index in [4.69, 9.17) is 9.47 Å². The lowest BCUT2D eigenvalue weighted by Gasteiger charge is -2.04. The van der Waals surface area contributed by atoms with Crippen LogP contribution in [-0.2, 0) is 4.79 Å². The molecule has 2 aromatic carbocycles. The van der Waals surface area contributed by atoms with E-state index in [0.717, 1.165) is 28.3 Å². The summed E-state index contributed by atoms with van der Waals surface area (Å²) in [5.74, 6) is 1.37. The molecule has 0 saturated carbocycles. The van der Waals surface area contributed by atoms with Gasteiger partial charge in [0.05, 0.1) is 14.2 Å². The number of carbonyl (C=O) groups excluding carboxylic acids is 1. The van der Waals surface area contributed by atoms with Crippen LogP contribution in [0.5, 0.6) is 11.5 Å². The van der Waals surface area contributed by atoms with Gasteiger partial charge in [-0.15, -0.1) is 0 Å². The molecule has 0 radical (unpaired) electrons. The van der Waals surface area contributed by atoms with Crippen molar-refractivity contribution < 1.29 is 14.3 Å². The van der Waals surface area contributed by atoms with Gasteiger partial charge in [0.2, 0.25) is 0 Å². The third-order valence-electron chi connectivity index (χ3n) is 3.41. The van der Waals surface area contributed by atoms with Crippen LogP contribution in [0.2, 0.25) is 0 Å². The van der Waals surface area contributed by atoms with E-state index in [1.54, 1.807) is 14.2 Å². The quantitative estimate of drug-likeness (QED) is 0.879. The molecule has 3 rings (SSSR count). The Hall–Kier alpha value is -2.75. The molecule has 0 spiro atoms. The molecule has 4 nitrogen and oxygen atoms in total. The maximum Gasteiger partial charge on any atom is 0.256 e. The Morgan fingerprint density at radius 3 is 2.52 bits per heavy atom. The second-order valence-electron chi connectivity index (χ2n) is 4.70. The maximum atomic E-state index is 12.1. The molecule has 0 fully saturated rings. The topological polar surface area (TPSA) is 47.6 Å². The van der Waals surface area contributed by atoms with Gasteiger partial charge in [-0.2, -0.15) is 0 Å². The minimum Gasteiger partial charge on any atom is -0.497 e. The smallest absolute Gasteiger partial charge is 0.256 e. The van der Waals surface area contributed by atoms with Crippen molar-refractivity contribution in [3.8, 4) is 11.5 Å². The van der Waals surface area contributed by atoms with Crippen molar-refractivity contribution in [1.29, 1.82) is 0 Å². The lowest BCUT2D eigenvalue weighted by molar-refractivity contribution is -0.110. The highest BCUT2D eigenvalue weighted by atomic mass is 16.5. The monoisotopic (exact) mass is 281 g/mol. The Kier molecular flexibility index (Phi) is 3.36. The average Bonchev–Trinajstić information content (AvgIpc) is 2.82. The first kappa shape index (κ1) is 13.2. The summed E-state index contributed by atoms with van der Waals surface area (Å²) in [6.45, 7) is 0. The molecular weight excluding hydrogens is 266 g/mol. The Labute approximate surface area is 123 Å². The summed E-state index contributed by atoms with van der Waals surface area (Å²) < 4.78 is 10.4. The van der Waals surface area contributed by atoms with Crippen LogP contribution >= 0.6 is 0 Å². The number of methoxy groups -OCH3 is 2. The molecule has 4 heteroatoms. The predicted octanol–water partition coefficient (Wildman–Crippen LogP) is 3.20. The van der Waals surface area contributed by atoms with E-state index in [1.807, 2.05) is 48.5 Å². The zero-order valence-electron chi connectivity index (χ0n) is 11.8. The lowest BCUT2D eigenvalue weighted by atomic mass is 10.0. The van der Waals surface area contributed by atoms with Gasteiger partial charge >= 0.3 is 0 Å². The second-order valence-corrected chi connectivity index (χ2v) is 4.70. The van der Waals surface area contributed by atoms with E-state index in [-0.39, 0.29) is 5.91 Å². The third kappa shape index (κ3) is 2.48.